The third-order valence-corrected chi connectivity index (χ3v) is 2.96. The smallest absolute Gasteiger partial charge is 0.340 e. The molecular weight excluding hydrogens is 281 g/mol. The Morgan fingerprint density at radius 2 is 1.81 bits per heavy atom. The number of aryl methyl sites for hydroxylation is 1. The fraction of sp³-hybridized carbons (Fsp3) is 0.214. The van der Waals surface area contributed by atoms with Crippen molar-refractivity contribution in [3.05, 3.63) is 47.5 Å². The molecule has 0 saturated carbocycles. The monoisotopic (exact) mass is 296 g/mol. The standard InChI is InChI=1S/C14H15F3N4/c1-2-9-5-3-4-6-11(9)19-12-7-10(14(15,16)17)8-13(20-12)21-18/h3-8H,2,18H2,1H3,(H2,19,20,21). The number of halogens is 3. The largest absolute Gasteiger partial charge is 0.416 e. The molecule has 0 aliphatic heterocycles. The van der Waals surface area contributed by atoms with Crippen LogP contribution < -0.4 is 16.6 Å². The summed E-state index contributed by atoms with van der Waals surface area (Å²) in [5, 5.41) is 2.90. The molecule has 1 aromatic carbocycles. The molecule has 2 rings (SSSR count). The van der Waals surface area contributed by atoms with E-state index in [1.165, 1.54) is 0 Å². The number of aromatic nitrogens is 1. The Morgan fingerprint density at radius 1 is 1.14 bits per heavy atom. The van der Waals surface area contributed by atoms with Crippen molar-refractivity contribution in [1.29, 1.82) is 0 Å². The summed E-state index contributed by atoms with van der Waals surface area (Å²) in [5.74, 6) is 5.20. The summed E-state index contributed by atoms with van der Waals surface area (Å²) < 4.78 is 38.5. The van der Waals surface area contributed by atoms with Crippen LogP contribution in [0.3, 0.4) is 0 Å². The van der Waals surface area contributed by atoms with Crippen molar-refractivity contribution in [1.82, 2.24) is 4.98 Å². The molecule has 2 aromatic rings. The van der Waals surface area contributed by atoms with Crippen molar-refractivity contribution >= 4 is 17.3 Å². The Labute approximate surface area is 120 Å². The van der Waals surface area contributed by atoms with Crippen LogP contribution in [0, 0.1) is 0 Å². The number of hydrogen-bond acceptors (Lipinski definition) is 4. The Hall–Kier alpha value is -2.28. The van der Waals surface area contributed by atoms with Gasteiger partial charge in [-0.15, -0.1) is 0 Å². The zero-order valence-electron chi connectivity index (χ0n) is 11.3. The van der Waals surface area contributed by atoms with Crippen molar-refractivity contribution in [2.75, 3.05) is 10.7 Å². The van der Waals surface area contributed by atoms with Crippen LogP contribution >= 0.6 is 0 Å². The fourth-order valence-corrected chi connectivity index (χ4v) is 1.92. The van der Waals surface area contributed by atoms with Crippen LogP contribution in [0.25, 0.3) is 0 Å². The molecule has 0 aliphatic rings. The van der Waals surface area contributed by atoms with Gasteiger partial charge in [0.05, 0.1) is 5.56 Å². The average Bonchev–Trinajstić information content (AvgIpc) is 2.46. The highest BCUT2D eigenvalue weighted by molar-refractivity contribution is 5.62. The lowest BCUT2D eigenvalue weighted by molar-refractivity contribution is -0.137. The van der Waals surface area contributed by atoms with Crippen LogP contribution in [0.5, 0.6) is 0 Å². The number of para-hydroxylation sites is 1. The van der Waals surface area contributed by atoms with Gasteiger partial charge in [0.25, 0.3) is 0 Å². The number of rotatable bonds is 4. The van der Waals surface area contributed by atoms with E-state index >= 15 is 0 Å². The normalized spacial score (nSPS) is 11.3. The van der Waals surface area contributed by atoms with Crippen molar-refractivity contribution in [2.24, 2.45) is 5.84 Å². The number of nitrogens with two attached hydrogens (primary N) is 1. The van der Waals surface area contributed by atoms with Crippen LogP contribution in [0.1, 0.15) is 18.1 Å². The summed E-state index contributed by atoms with van der Waals surface area (Å²) in [5.41, 5.74) is 3.03. The van der Waals surface area contributed by atoms with E-state index in [1.807, 2.05) is 19.1 Å². The molecule has 0 bridgehead atoms. The average molecular weight is 296 g/mol. The molecule has 112 valence electrons. The lowest BCUT2D eigenvalue weighted by atomic mass is 10.1. The summed E-state index contributed by atoms with van der Waals surface area (Å²) in [6.45, 7) is 1.97. The molecule has 0 saturated heterocycles. The maximum Gasteiger partial charge on any atom is 0.416 e. The molecule has 0 unspecified atom stereocenters. The van der Waals surface area contributed by atoms with Gasteiger partial charge in [-0.2, -0.15) is 13.2 Å². The Kier molecular flexibility index (Phi) is 4.32. The van der Waals surface area contributed by atoms with Gasteiger partial charge in [0.15, 0.2) is 0 Å². The number of nitrogens with one attached hydrogen (secondary N) is 2. The van der Waals surface area contributed by atoms with Crippen LogP contribution in [0.4, 0.5) is 30.5 Å². The van der Waals surface area contributed by atoms with Gasteiger partial charge < -0.3 is 10.7 Å². The van der Waals surface area contributed by atoms with E-state index in [1.54, 1.807) is 12.1 Å². The van der Waals surface area contributed by atoms with Gasteiger partial charge in [-0.25, -0.2) is 10.8 Å². The molecule has 21 heavy (non-hydrogen) atoms. The van der Waals surface area contributed by atoms with Crippen LogP contribution in [0.15, 0.2) is 36.4 Å². The van der Waals surface area contributed by atoms with Crippen molar-refractivity contribution in [3.63, 3.8) is 0 Å². The fourth-order valence-electron chi connectivity index (χ4n) is 1.92. The number of benzene rings is 1. The van der Waals surface area contributed by atoms with Gasteiger partial charge in [-0.05, 0) is 30.2 Å². The minimum atomic E-state index is -4.46. The van der Waals surface area contributed by atoms with Crippen molar-refractivity contribution < 1.29 is 13.2 Å². The molecule has 1 heterocycles. The maximum absolute atomic E-state index is 12.8. The summed E-state index contributed by atoms with van der Waals surface area (Å²) in [6, 6.07) is 9.17. The second-order valence-electron chi connectivity index (χ2n) is 4.40. The van der Waals surface area contributed by atoms with Crippen LogP contribution in [-0.4, -0.2) is 4.98 Å². The summed E-state index contributed by atoms with van der Waals surface area (Å²) in [4.78, 5) is 3.99. The molecule has 0 atom stereocenters. The highest BCUT2D eigenvalue weighted by Gasteiger charge is 2.31. The number of hydrogen-bond donors (Lipinski definition) is 3. The third-order valence-electron chi connectivity index (χ3n) is 2.96. The maximum atomic E-state index is 12.8. The molecular formula is C14H15F3N4. The first-order valence-electron chi connectivity index (χ1n) is 6.35. The summed E-state index contributed by atoms with van der Waals surface area (Å²) in [7, 11) is 0. The first-order valence-corrected chi connectivity index (χ1v) is 6.35. The minimum absolute atomic E-state index is 0.0543. The second kappa shape index (κ2) is 6.01. The topological polar surface area (TPSA) is 63.0 Å². The number of hydrazine groups is 1. The molecule has 7 heteroatoms. The van der Waals surface area contributed by atoms with Gasteiger partial charge >= 0.3 is 6.18 Å². The van der Waals surface area contributed by atoms with E-state index in [0.29, 0.717) is 0 Å². The molecule has 4 nitrogen and oxygen atoms in total. The Balaban J connectivity index is 2.39. The lowest BCUT2D eigenvalue weighted by Crippen LogP contribution is -2.13. The van der Waals surface area contributed by atoms with Crippen molar-refractivity contribution in [2.45, 2.75) is 19.5 Å². The highest BCUT2D eigenvalue weighted by Crippen LogP contribution is 2.32. The van der Waals surface area contributed by atoms with E-state index < -0.39 is 11.7 Å². The number of pyridine rings is 1. The quantitative estimate of drug-likeness (QED) is 0.595. The zero-order chi connectivity index (χ0) is 15.5. The SMILES string of the molecule is CCc1ccccc1Nc1cc(C(F)(F)F)cc(NN)n1. The van der Waals surface area contributed by atoms with E-state index in [4.69, 9.17) is 5.84 Å². The Bertz CT molecular complexity index is 626. The predicted octanol–water partition coefficient (Wildman–Crippen LogP) is 3.69. The number of nitrogen functional groups attached to an aromatic ring is 1. The Morgan fingerprint density at radius 3 is 2.43 bits per heavy atom. The van der Waals surface area contributed by atoms with E-state index in [9.17, 15) is 13.2 Å². The molecule has 0 aliphatic carbocycles. The van der Waals surface area contributed by atoms with E-state index in [-0.39, 0.29) is 11.6 Å². The molecule has 4 N–H and O–H groups in total. The summed E-state index contributed by atoms with van der Waals surface area (Å²) >= 11 is 0. The van der Waals surface area contributed by atoms with Crippen LogP contribution in [0.2, 0.25) is 0 Å². The minimum Gasteiger partial charge on any atom is -0.340 e. The molecule has 0 spiro atoms. The van der Waals surface area contributed by atoms with Gasteiger partial charge in [0, 0.05) is 5.69 Å². The number of alkyl halides is 3. The molecule has 0 radical (unpaired) electrons. The zero-order valence-corrected chi connectivity index (χ0v) is 11.3. The predicted molar refractivity (Wildman–Crippen MR) is 76.2 cm³/mol. The second-order valence-corrected chi connectivity index (χ2v) is 4.40. The van der Waals surface area contributed by atoms with Crippen molar-refractivity contribution in [3.8, 4) is 0 Å². The number of nitrogens with zero attached hydrogens (tertiary/aromatic N) is 1. The highest BCUT2D eigenvalue weighted by atomic mass is 19.4. The van der Waals surface area contributed by atoms with Crippen LogP contribution in [-0.2, 0) is 12.6 Å². The first kappa shape index (κ1) is 15.1. The first-order chi connectivity index (χ1) is 9.94. The summed E-state index contributed by atoms with van der Waals surface area (Å²) in [6.07, 6.45) is -3.71. The molecule has 0 amide bonds. The lowest BCUT2D eigenvalue weighted by Gasteiger charge is -2.14. The molecule has 0 fully saturated rings. The van der Waals surface area contributed by atoms with Gasteiger partial charge in [0.2, 0.25) is 0 Å². The van der Waals surface area contributed by atoms with Gasteiger partial charge in [-0.3, -0.25) is 0 Å². The van der Waals surface area contributed by atoms with E-state index in [2.05, 4.69) is 15.7 Å². The van der Waals surface area contributed by atoms with Gasteiger partial charge in [0.1, 0.15) is 11.6 Å². The number of anilines is 3. The van der Waals surface area contributed by atoms with E-state index in [0.717, 1.165) is 29.8 Å². The third kappa shape index (κ3) is 3.63. The van der Waals surface area contributed by atoms with Gasteiger partial charge in [-0.1, -0.05) is 25.1 Å². The molecule has 1 aromatic heterocycles.